The van der Waals surface area contributed by atoms with Crippen LogP contribution in [0.1, 0.15) is 11.1 Å². The number of nitrogens with one attached hydrogen (secondary N) is 1. The molecular weight excluding hydrogens is 248 g/mol. The van der Waals surface area contributed by atoms with Gasteiger partial charge < -0.3 is 10.7 Å². The third-order valence-electron chi connectivity index (χ3n) is 2.85. The van der Waals surface area contributed by atoms with E-state index < -0.39 is 0 Å². The van der Waals surface area contributed by atoms with Gasteiger partial charge in [-0.1, -0.05) is 17.7 Å². The number of nitrogens with two attached hydrogens (primary N) is 1. The molecule has 0 aliphatic rings. The van der Waals surface area contributed by atoms with Gasteiger partial charge in [0.15, 0.2) is 0 Å². The van der Waals surface area contributed by atoms with Gasteiger partial charge in [0.2, 0.25) is 0 Å². The number of rotatable bonds is 2. The Balaban J connectivity index is 2.02. The molecule has 3 heterocycles. The lowest BCUT2D eigenvalue weighted by molar-refractivity contribution is 1.16. The molecule has 0 saturated heterocycles. The van der Waals surface area contributed by atoms with Crippen LogP contribution in [0.15, 0.2) is 36.8 Å². The van der Waals surface area contributed by atoms with Crippen LogP contribution in [-0.2, 0) is 6.42 Å². The monoisotopic (exact) mass is 258 g/mol. The smallest absolute Gasteiger partial charge is 0.139 e. The summed E-state index contributed by atoms with van der Waals surface area (Å²) in [5.74, 6) is 0.525. The van der Waals surface area contributed by atoms with E-state index in [-0.39, 0.29) is 0 Å². The number of halogens is 1. The molecule has 0 bridgehead atoms. The maximum absolute atomic E-state index is 6.20. The summed E-state index contributed by atoms with van der Waals surface area (Å²) in [6, 6.07) is 5.55. The third-order valence-corrected chi connectivity index (χ3v) is 3.16. The lowest BCUT2D eigenvalue weighted by atomic mass is 10.1. The van der Waals surface area contributed by atoms with E-state index in [9.17, 15) is 0 Å². The molecule has 0 amide bonds. The summed E-state index contributed by atoms with van der Waals surface area (Å²) in [6.07, 6.45) is 6.15. The molecule has 0 saturated carbocycles. The molecule has 3 aromatic heterocycles. The first-order valence-corrected chi connectivity index (χ1v) is 5.93. The van der Waals surface area contributed by atoms with Crippen molar-refractivity contribution >= 4 is 28.5 Å². The van der Waals surface area contributed by atoms with Crippen LogP contribution >= 0.6 is 11.6 Å². The van der Waals surface area contributed by atoms with E-state index in [1.165, 1.54) is 0 Å². The largest absolute Gasteiger partial charge is 0.384 e. The predicted molar refractivity (Wildman–Crippen MR) is 72.6 cm³/mol. The summed E-state index contributed by atoms with van der Waals surface area (Å²) in [7, 11) is 0. The van der Waals surface area contributed by atoms with Gasteiger partial charge in [0.25, 0.3) is 0 Å². The van der Waals surface area contributed by atoms with Crippen molar-refractivity contribution in [1.29, 1.82) is 0 Å². The predicted octanol–water partition coefficient (Wildman–Crippen LogP) is 2.78. The van der Waals surface area contributed by atoms with Gasteiger partial charge in [-0.05, 0) is 23.3 Å². The summed E-state index contributed by atoms with van der Waals surface area (Å²) in [5, 5.41) is 1.68. The molecule has 0 radical (unpaired) electrons. The van der Waals surface area contributed by atoms with Crippen LogP contribution in [-0.4, -0.2) is 15.0 Å². The molecule has 0 atom stereocenters. The SMILES string of the molecule is Nc1ccc(Cc2c[nH]c3nccc(Cl)c23)cn1. The number of H-pyrrole nitrogens is 1. The minimum atomic E-state index is 0.525. The minimum absolute atomic E-state index is 0.525. The Bertz CT molecular complexity index is 688. The van der Waals surface area contributed by atoms with E-state index in [0.29, 0.717) is 10.8 Å². The van der Waals surface area contributed by atoms with Crippen molar-refractivity contribution in [3.05, 3.63) is 52.9 Å². The summed E-state index contributed by atoms with van der Waals surface area (Å²) >= 11 is 6.20. The first-order chi connectivity index (χ1) is 8.74. The van der Waals surface area contributed by atoms with E-state index in [1.807, 2.05) is 12.3 Å². The standard InChI is InChI=1S/C13H11ClN4/c14-10-3-4-16-13-12(10)9(7-18-13)5-8-1-2-11(15)17-6-8/h1-4,6-7H,5H2,(H2,15,17)(H,16,18). The average molecular weight is 259 g/mol. The zero-order chi connectivity index (χ0) is 12.5. The Hall–Kier alpha value is -2.07. The second-order valence-corrected chi connectivity index (χ2v) is 4.51. The molecule has 0 spiro atoms. The molecule has 0 aliphatic heterocycles. The fourth-order valence-corrected chi connectivity index (χ4v) is 2.25. The molecule has 3 aromatic rings. The highest BCUT2D eigenvalue weighted by molar-refractivity contribution is 6.35. The number of hydrogen-bond acceptors (Lipinski definition) is 3. The second-order valence-electron chi connectivity index (χ2n) is 4.10. The van der Waals surface area contributed by atoms with Crippen molar-refractivity contribution in [3.63, 3.8) is 0 Å². The van der Waals surface area contributed by atoms with Crippen molar-refractivity contribution in [2.24, 2.45) is 0 Å². The highest BCUT2D eigenvalue weighted by atomic mass is 35.5. The van der Waals surface area contributed by atoms with Gasteiger partial charge in [-0.25, -0.2) is 9.97 Å². The van der Waals surface area contributed by atoms with Crippen LogP contribution in [0.2, 0.25) is 5.02 Å². The molecule has 0 aliphatic carbocycles. The Morgan fingerprint density at radius 2 is 2.11 bits per heavy atom. The number of pyridine rings is 2. The van der Waals surface area contributed by atoms with Crippen LogP contribution in [0.25, 0.3) is 11.0 Å². The van der Waals surface area contributed by atoms with E-state index >= 15 is 0 Å². The van der Waals surface area contributed by atoms with Gasteiger partial charge in [0.1, 0.15) is 11.5 Å². The third kappa shape index (κ3) is 1.91. The van der Waals surface area contributed by atoms with Gasteiger partial charge in [0.05, 0.1) is 5.02 Å². The molecule has 5 heteroatoms. The number of anilines is 1. The molecule has 0 aromatic carbocycles. The molecule has 0 fully saturated rings. The van der Waals surface area contributed by atoms with Gasteiger partial charge in [-0.2, -0.15) is 0 Å². The molecule has 3 rings (SSSR count). The molecule has 18 heavy (non-hydrogen) atoms. The Kier molecular flexibility index (Phi) is 2.64. The van der Waals surface area contributed by atoms with Crippen LogP contribution in [0.5, 0.6) is 0 Å². The van der Waals surface area contributed by atoms with Crippen LogP contribution in [0.4, 0.5) is 5.82 Å². The lowest BCUT2D eigenvalue weighted by Gasteiger charge is -2.01. The number of nitrogen functional groups attached to an aromatic ring is 1. The molecule has 0 unspecified atom stereocenters. The highest BCUT2D eigenvalue weighted by Crippen LogP contribution is 2.26. The topological polar surface area (TPSA) is 67.6 Å². The van der Waals surface area contributed by atoms with Gasteiger partial charge in [0, 0.05) is 30.4 Å². The van der Waals surface area contributed by atoms with E-state index in [1.54, 1.807) is 24.5 Å². The first-order valence-electron chi connectivity index (χ1n) is 5.55. The average Bonchev–Trinajstić information content (AvgIpc) is 2.77. The number of hydrogen-bond donors (Lipinski definition) is 2. The van der Waals surface area contributed by atoms with Crippen LogP contribution in [0.3, 0.4) is 0 Å². The van der Waals surface area contributed by atoms with Gasteiger partial charge in [-0.3, -0.25) is 0 Å². The molecule has 90 valence electrons. The fraction of sp³-hybridized carbons (Fsp3) is 0.0769. The fourth-order valence-electron chi connectivity index (χ4n) is 1.98. The first kappa shape index (κ1) is 11.0. The minimum Gasteiger partial charge on any atom is -0.384 e. The van der Waals surface area contributed by atoms with Crippen molar-refractivity contribution in [3.8, 4) is 0 Å². The Morgan fingerprint density at radius 1 is 1.22 bits per heavy atom. The van der Waals surface area contributed by atoms with E-state index in [4.69, 9.17) is 17.3 Å². The molecular formula is C13H11ClN4. The molecule has 4 nitrogen and oxygen atoms in total. The number of nitrogens with zero attached hydrogens (tertiary/aromatic N) is 2. The van der Waals surface area contributed by atoms with Gasteiger partial charge in [-0.15, -0.1) is 0 Å². The molecule has 3 N–H and O–H groups in total. The van der Waals surface area contributed by atoms with Crippen molar-refractivity contribution < 1.29 is 0 Å². The highest BCUT2D eigenvalue weighted by Gasteiger charge is 2.09. The number of fused-ring (bicyclic) bond motifs is 1. The zero-order valence-corrected chi connectivity index (χ0v) is 10.3. The zero-order valence-electron chi connectivity index (χ0n) is 9.52. The maximum atomic E-state index is 6.20. The summed E-state index contributed by atoms with van der Waals surface area (Å²) in [4.78, 5) is 11.4. The van der Waals surface area contributed by atoms with Gasteiger partial charge >= 0.3 is 0 Å². The van der Waals surface area contributed by atoms with E-state index in [2.05, 4.69) is 15.0 Å². The quantitative estimate of drug-likeness (QED) is 0.743. The van der Waals surface area contributed by atoms with Crippen molar-refractivity contribution in [2.45, 2.75) is 6.42 Å². The van der Waals surface area contributed by atoms with Crippen molar-refractivity contribution in [1.82, 2.24) is 15.0 Å². The van der Waals surface area contributed by atoms with Crippen LogP contribution < -0.4 is 5.73 Å². The normalized spacial score (nSPS) is 10.9. The Labute approximate surface area is 109 Å². The number of aromatic nitrogens is 3. The summed E-state index contributed by atoms with van der Waals surface area (Å²) in [6.45, 7) is 0. The summed E-state index contributed by atoms with van der Waals surface area (Å²) in [5.41, 5.74) is 8.57. The lowest BCUT2D eigenvalue weighted by Crippen LogP contribution is -1.92. The summed E-state index contributed by atoms with van der Waals surface area (Å²) < 4.78 is 0. The maximum Gasteiger partial charge on any atom is 0.139 e. The van der Waals surface area contributed by atoms with E-state index in [0.717, 1.165) is 28.6 Å². The Morgan fingerprint density at radius 3 is 2.89 bits per heavy atom. The number of aromatic amines is 1. The second kappa shape index (κ2) is 4.31. The van der Waals surface area contributed by atoms with Crippen molar-refractivity contribution in [2.75, 3.05) is 5.73 Å². The van der Waals surface area contributed by atoms with Crippen LogP contribution in [0, 0.1) is 0 Å².